The lowest BCUT2D eigenvalue weighted by molar-refractivity contribution is -0.121. The molecular weight excluding hydrogens is 526 g/mol. The first-order valence-corrected chi connectivity index (χ1v) is 16.3. The summed E-state index contributed by atoms with van der Waals surface area (Å²) < 4.78 is 11.6. The highest BCUT2D eigenvalue weighted by Crippen LogP contribution is 2.30. The number of carbonyl (C=O) groups is 2. The second-order valence-electron chi connectivity index (χ2n) is 12.3. The fourth-order valence-electron chi connectivity index (χ4n) is 6.26. The van der Waals surface area contributed by atoms with Crippen LogP contribution >= 0.6 is 0 Å². The third-order valence-corrected chi connectivity index (χ3v) is 8.79. The summed E-state index contributed by atoms with van der Waals surface area (Å²) in [6.45, 7) is 13.2. The summed E-state index contributed by atoms with van der Waals surface area (Å²) in [4.78, 5) is 27.5. The van der Waals surface area contributed by atoms with Gasteiger partial charge in [-0.15, -0.1) is 0 Å². The van der Waals surface area contributed by atoms with Crippen LogP contribution < -0.4 is 15.4 Å². The smallest absolute Gasteiger partial charge is 0.250 e. The first-order chi connectivity index (χ1) is 20.3. The topological polar surface area (TPSA) is 79.9 Å². The lowest BCUT2D eigenvalue weighted by Crippen LogP contribution is -2.31. The van der Waals surface area contributed by atoms with Gasteiger partial charge in [-0.3, -0.25) is 14.5 Å². The normalized spacial score (nSPS) is 18.2. The van der Waals surface area contributed by atoms with Crippen LogP contribution in [0.3, 0.4) is 0 Å². The average molecular weight is 582 g/mol. The molecule has 3 rings (SSSR count). The Morgan fingerprint density at radius 1 is 1.07 bits per heavy atom. The number of amides is 2. The van der Waals surface area contributed by atoms with Gasteiger partial charge in [0.05, 0.1) is 25.0 Å². The van der Waals surface area contributed by atoms with Crippen molar-refractivity contribution in [3.8, 4) is 5.75 Å². The third kappa shape index (κ3) is 10.8. The molecule has 1 aromatic carbocycles. The Balaban J connectivity index is 1.55. The molecule has 1 heterocycles. The molecule has 1 aromatic rings. The summed E-state index contributed by atoms with van der Waals surface area (Å²) in [5.41, 5.74) is 2.95. The Labute approximate surface area is 254 Å². The number of ether oxygens (including phenoxy) is 2. The molecule has 1 aliphatic carbocycles. The number of unbranched alkanes of at least 4 members (excludes halogenated alkanes) is 1. The van der Waals surface area contributed by atoms with E-state index in [4.69, 9.17) is 9.47 Å². The van der Waals surface area contributed by atoms with E-state index < -0.39 is 0 Å². The van der Waals surface area contributed by atoms with Gasteiger partial charge in [-0.25, -0.2) is 0 Å². The number of carbonyl (C=O) groups excluding carboxylic acids is 2. The van der Waals surface area contributed by atoms with Crippen molar-refractivity contribution in [1.82, 2.24) is 15.5 Å². The first-order valence-electron chi connectivity index (χ1n) is 16.3. The zero-order chi connectivity index (χ0) is 30.3. The quantitative estimate of drug-likeness (QED) is 0.122. The van der Waals surface area contributed by atoms with Crippen molar-refractivity contribution in [2.75, 3.05) is 26.7 Å². The van der Waals surface area contributed by atoms with Crippen LogP contribution in [-0.2, 0) is 27.3 Å². The Hall–Kier alpha value is -2.80. The number of likely N-dealkylation sites (tertiary alicyclic amines) is 1. The molecule has 2 fully saturated rings. The number of benzene rings is 1. The van der Waals surface area contributed by atoms with Crippen LogP contribution in [0, 0.1) is 11.8 Å². The highest BCUT2D eigenvalue weighted by Gasteiger charge is 2.29. The maximum atomic E-state index is 13.0. The molecule has 0 aromatic heterocycles. The van der Waals surface area contributed by atoms with E-state index in [1.165, 1.54) is 44.9 Å². The predicted molar refractivity (Wildman–Crippen MR) is 170 cm³/mol. The second kappa shape index (κ2) is 18.0. The molecule has 42 heavy (non-hydrogen) atoms. The zero-order valence-electron chi connectivity index (χ0n) is 26.6. The van der Waals surface area contributed by atoms with Gasteiger partial charge >= 0.3 is 0 Å². The van der Waals surface area contributed by atoms with Crippen molar-refractivity contribution < 1.29 is 19.1 Å². The standard InChI is InChI=1S/C35H55N3O4/c1-6-36-34(39)20-18-29-17-19-31(41-5)23-30(29)24-38-22-12-16-33(38)27(4)42-25-32(26(2)3)35(40)37-21-11-10-15-28-13-8-7-9-14-28/h17,19,23,25-26,28,33H,4,6-16,18,20-22,24H2,1-3,5H3,(H,36,39)(H,37,40)/b32-25+/t33-/m0/s1. The Morgan fingerprint density at radius 3 is 2.57 bits per heavy atom. The Morgan fingerprint density at radius 2 is 1.86 bits per heavy atom. The van der Waals surface area contributed by atoms with Crippen LogP contribution in [-0.4, -0.2) is 49.5 Å². The van der Waals surface area contributed by atoms with E-state index in [1.807, 2.05) is 26.8 Å². The van der Waals surface area contributed by atoms with Gasteiger partial charge in [0.15, 0.2) is 0 Å². The van der Waals surface area contributed by atoms with Crippen molar-refractivity contribution in [3.63, 3.8) is 0 Å². The zero-order valence-corrected chi connectivity index (χ0v) is 26.6. The van der Waals surface area contributed by atoms with Crippen LogP contribution in [0.1, 0.15) is 103 Å². The van der Waals surface area contributed by atoms with E-state index in [-0.39, 0.29) is 23.8 Å². The molecule has 7 nitrogen and oxygen atoms in total. The Kier molecular flexibility index (Phi) is 14.4. The van der Waals surface area contributed by atoms with E-state index in [0.717, 1.165) is 55.1 Å². The summed E-state index contributed by atoms with van der Waals surface area (Å²) in [7, 11) is 1.67. The molecule has 1 atom stereocenters. The van der Waals surface area contributed by atoms with Crippen molar-refractivity contribution in [1.29, 1.82) is 0 Å². The molecule has 0 radical (unpaired) electrons. The monoisotopic (exact) mass is 581 g/mol. The maximum absolute atomic E-state index is 13.0. The van der Waals surface area contributed by atoms with Gasteiger partial charge in [0.1, 0.15) is 11.5 Å². The molecule has 7 heteroatoms. The van der Waals surface area contributed by atoms with Gasteiger partial charge in [0.25, 0.3) is 5.91 Å². The third-order valence-electron chi connectivity index (χ3n) is 8.79. The van der Waals surface area contributed by atoms with Gasteiger partial charge in [-0.05, 0) is 74.2 Å². The van der Waals surface area contributed by atoms with Gasteiger partial charge < -0.3 is 20.1 Å². The number of nitrogens with zero attached hydrogens (tertiary/aromatic N) is 1. The van der Waals surface area contributed by atoms with Crippen LogP contribution in [0.4, 0.5) is 0 Å². The Bertz CT molecular complexity index is 1040. The number of aryl methyl sites for hydroxylation is 1. The number of rotatable bonds is 17. The van der Waals surface area contributed by atoms with Crippen molar-refractivity contribution >= 4 is 11.8 Å². The van der Waals surface area contributed by atoms with Crippen LogP contribution in [0.15, 0.2) is 42.4 Å². The summed E-state index contributed by atoms with van der Waals surface area (Å²) in [6.07, 6.45) is 15.2. The van der Waals surface area contributed by atoms with Gasteiger partial charge in [-0.1, -0.05) is 71.4 Å². The van der Waals surface area contributed by atoms with Gasteiger partial charge in [0, 0.05) is 26.1 Å². The number of nitrogens with one attached hydrogen (secondary N) is 2. The summed E-state index contributed by atoms with van der Waals surface area (Å²) in [5, 5.41) is 6.00. The first kappa shape index (κ1) is 33.7. The fraction of sp³-hybridized carbons (Fsp3) is 0.657. The fourth-order valence-corrected chi connectivity index (χ4v) is 6.26. The SMILES string of the molecule is C=C(O/C=C(/C(=O)NCCCCC1CCCCC1)C(C)C)[C@@H]1CCCN1Cc1cc(OC)ccc1CCC(=O)NCC. The second-order valence-corrected chi connectivity index (χ2v) is 12.3. The summed E-state index contributed by atoms with van der Waals surface area (Å²) in [5.74, 6) is 2.42. The molecule has 2 N–H and O–H groups in total. The van der Waals surface area contributed by atoms with Crippen LogP contribution in [0.2, 0.25) is 0 Å². The average Bonchev–Trinajstić information content (AvgIpc) is 3.45. The minimum Gasteiger partial charge on any atom is -0.497 e. The number of methoxy groups -OCH3 is 1. The van der Waals surface area contributed by atoms with E-state index in [2.05, 4.69) is 34.2 Å². The molecule has 2 aliphatic rings. The van der Waals surface area contributed by atoms with Gasteiger partial charge in [-0.2, -0.15) is 0 Å². The molecule has 2 amide bonds. The maximum Gasteiger partial charge on any atom is 0.250 e. The highest BCUT2D eigenvalue weighted by atomic mass is 16.5. The summed E-state index contributed by atoms with van der Waals surface area (Å²) >= 11 is 0. The molecule has 0 unspecified atom stereocenters. The van der Waals surface area contributed by atoms with Crippen molar-refractivity contribution in [3.05, 3.63) is 53.5 Å². The largest absolute Gasteiger partial charge is 0.497 e. The van der Waals surface area contributed by atoms with E-state index in [1.54, 1.807) is 13.4 Å². The van der Waals surface area contributed by atoms with Crippen molar-refractivity contribution in [2.24, 2.45) is 11.8 Å². The molecular formula is C35H55N3O4. The lowest BCUT2D eigenvalue weighted by Gasteiger charge is -2.27. The summed E-state index contributed by atoms with van der Waals surface area (Å²) in [6, 6.07) is 6.15. The number of hydrogen-bond donors (Lipinski definition) is 2. The molecule has 0 bridgehead atoms. The van der Waals surface area contributed by atoms with Crippen LogP contribution in [0.25, 0.3) is 0 Å². The van der Waals surface area contributed by atoms with E-state index >= 15 is 0 Å². The molecule has 1 aliphatic heterocycles. The minimum atomic E-state index is -0.0492. The van der Waals surface area contributed by atoms with Gasteiger partial charge in [0.2, 0.25) is 5.91 Å². The lowest BCUT2D eigenvalue weighted by atomic mass is 9.86. The number of hydrogen-bond acceptors (Lipinski definition) is 5. The predicted octanol–water partition coefficient (Wildman–Crippen LogP) is 6.67. The molecule has 1 saturated carbocycles. The van der Waals surface area contributed by atoms with Crippen molar-refractivity contribution in [2.45, 2.75) is 110 Å². The molecule has 0 spiro atoms. The molecule has 1 saturated heterocycles. The minimum absolute atomic E-state index is 0.0453. The van der Waals surface area contributed by atoms with E-state index in [9.17, 15) is 9.59 Å². The highest BCUT2D eigenvalue weighted by molar-refractivity contribution is 5.93. The van der Waals surface area contributed by atoms with E-state index in [0.29, 0.717) is 37.3 Å². The molecule has 234 valence electrons. The van der Waals surface area contributed by atoms with Crippen LogP contribution in [0.5, 0.6) is 5.75 Å².